The summed E-state index contributed by atoms with van der Waals surface area (Å²) in [4.78, 5) is 2.61. The van der Waals surface area contributed by atoms with Crippen LogP contribution in [0.15, 0.2) is 42.7 Å². The van der Waals surface area contributed by atoms with Gasteiger partial charge < -0.3 is 0 Å². The molecular weight excluding hydrogens is 294 g/mol. The molecule has 1 aliphatic heterocycles. The van der Waals surface area contributed by atoms with E-state index >= 15 is 0 Å². The Morgan fingerprint density at radius 1 is 1.09 bits per heavy atom. The highest BCUT2D eigenvalue weighted by molar-refractivity contribution is 6.31. The molecule has 1 unspecified atom stereocenters. The maximum absolute atomic E-state index is 6.37. The zero-order valence-corrected chi connectivity index (χ0v) is 13.8. The van der Waals surface area contributed by atoms with E-state index in [4.69, 9.17) is 11.6 Å². The fourth-order valence-corrected chi connectivity index (χ4v) is 3.65. The van der Waals surface area contributed by atoms with Gasteiger partial charge in [-0.25, -0.2) is 0 Å². The lowest BCUT2D eigenvalue weighted by Crippen LogP contribution is -2.24. The molecule has 1 atom stereocenters. The van der Waals surface area contributed by atoms with Crippen LogP contribution >= 0.6 is 11.6 Å². The molecule has 1 saturated heterocycles. The molecule has 22 heavy (non-hydrogen) atoms. The molecule has 1 aromatic heterocycles. The molecule has 0 aliphatic carbocycles. The zero-order chi connectivity index (χ0) is 15.2. The van der Waals surface area contributed by atoms with Crippen LogP contribution in [0, 0.1) is 0 Å². The largest absolute Gasteiger partial charge is 0.296 e. The first-order valence-electron chi connectivity index (χ1n) is 8.30. The Hall–Kier alpha value is -1.32. The second-order valence-electron chi connectivity index (χ2n) is 6.05. The predicted octanol–water partition coefficient (Wildman–Crippen LogP) is 4.54. The van der Waals surface area contributed by atoms with E-state index in [9.17, 15) is 0 Å². The van der Waals surface area contributed by atoms with Crippen LogP contribution in [0.25, 0.3) is 0 Å². The lowest BCUT2D eigenvalue weighted by Gasteiger charge is -2.25. The number of likely N-dealkylation sites (tertiary alicyclic amines) is 1. The third kappa shape index (κ3) is 3.90. The maximum atomic E-state index is 6.37. The number of nitrogens with zero attached hydrogens (tertiary/aromatic N) is 3. The summed E-state index contributed by atoms with van der Waals surface area (Å²) in [7, 11) is 0. The van der Waals surface area contributed by atoms with Crippen molar-refractivity contribution in [1.82, 2.24) is 14.7 Å². The first-order valence-corrected chi connectivity index (χ1v) is 8.68. The Morgan fingerprint density at radius 3 is 2.77 bits per heavy atom. The van der Waals surface area contributed by atoms with Crippen molar-refractivity contribution >= 4 is 11.6 Å². The Labute approximate surface area is 137 Å². The van der Waals surface area contributed by atoms with Gasteiger partial charge in [0.1, 0.15) is 0 Å². The number of aryl methyl sites for hydroxylation is 1. The summed E-state index contributed by atoms with van der Waals surface area (Å²) < 4.78 is 2.02. The number of hydrogen-bond acceptors (Lipinski definition) is 2. The molecule has 0 saturated carbocycles. The minimum atomic E-state index is 0.514. The minimum Gasteiger partial charge on any atom is -0.296 e. The molecular formula is C18H24ClN3. The molecule has 2 heterocycles. The van der Waals surface area contributed by atoms with Crippen LogP contribution in [0.5, 0.6) is 0 Å². The highest BCUT2D eigenvalue weighted by Crippen LogP contribution is 2.35. The molecule has 0 N–H and O–H groups in total. The van der Waals surface area contributed by atoms with Crippen molar-refractivity contribution in [3.8, 4) is 0 Å². The van der Waals surface area contributed by atoms with Crippen molar-refractivity contribution < 1.29 is 0 Å². The van der Waals surface area contributed by atoms with Crippen LogP contribution in [0.2, 0.25) is 5.02 Å². The Bertz CT molecular complexity index is 567. The van der Waals surface area contributed by atoms with Gasteiger partial charge in [0.2, 0.25) is 0 Å². The minimum absolute atomic E-state index is 0.514. The van der Waals surface area contributed by atoms with Gasteiger partial charge in [-0.3, -0.25) is 9.58 Å². The SMILES string of the molecule is Clc1ccccc1C1CCCN1CCCCCn1cccn1. The normalized spacial score (nSPS) is 18.9. The van der Waals surface area contributed by atoms with Gasteiger partial charge in [0.25, 0.3) is 0 Å². The van der Waals surface area contributed by atoms with Crippen LogP contribution in [-0.2, 0) is 6.54 Å². The number of rotatable bonds is 7. The van der Waals surface area contributed by atoms with E-state index in [1.807, 2.05) is 35.3 Å². The van der Waals surface area contributed by atoms with Crippen LogP contribution in [0.3, 0.4) is 0 Å². The van der Waals surface area contributed by atoms with Gasteiger partial charge in [-0.1, -0.05) is 36.2 Å². The smallest absolute Gasteiger partial charge is 0.0489 e. The summed E-state index contributed by atoms with van der Waals surface area (Å²) in [5.41, 5.74) is 1.30. The quantitative estimate of drug-likeness (QED) is 0.699. The average molecular weight is 318 g/mol. The van der Waals surface area contributed by atoms with Gasteiger partial charge in [0.05, 0.1) is 0 Å². The lowest BCUT2D eigenvalue weighted by molar-refractivity contribution is 0.250. The van der Waals surface area contributed by atoms with Gasteiger partial charge in [-0.15, -0.1) is 0 Å². The number of benzene rings is 1. The maximum Gasteiger partial charge on any atom is 0.0489 e. The van der Waals surface area contributed by atoms with Gasteiger partial charge in [0.15, 0.2) is 0 Å². The predicted molar refractivity (Wildman–Crippen MR) is 91.1 cm³/mol. The fraction of sp³-hybridized carbons (Fsp3) is 0.500. The van der Waals surface area contributed by atoms with Crippen molar-refractivity contribution in [3.63, 3.8) is 0 Å². The summed E-state index contributed by atoms with van der Waals surface area (Å²) in [5, 5.41) is 5.16. The lowest BCUT2D eigenvalue weighted by atomic mass is 10.0. The first kappa shape index (κ1) is 15.6. The second kappa shape index (κ2) is 7.80. The topological polar surface area (TPSA) is 21.1 Å². The molecule has 1 aromatic carbocycles. The molecule has 1 fully saturated rings. The van der Waals surface area contributed by atoms with E-state index < -0.39 is 0 Å². The van der Waals surface area contributed by atoms with Crippen molar-refractivity contribution in [2.75, 3.05) is 13.1 Å². The Morgan fingerprint density at radius 2 is 1.95 bits per heavy atom. The van der Waals surface area contributed by atoms with E-state index in [-0.39, 0.29) is 0 Å². The third-order valence-corrected chi connectivity index (χ3v) is 4.86. The van der Waals surface area contributed by atoms with Gasteiger partial charge >= 0.3 is 0 Å². The van der Waals surface area contributed by atoms with E-state index in [2.05, 4.69) is 22.1 Å². The summed E-state index contributed by atoms with van der Waals surface area (Å²) in [6.45, 7) is 3.41. The highest BCUT2D eigenvalue weighted by Gasteiger charge is 2.26. The molecule has 118 valence electrons. The highest BCUT2D eigenvalue weighted by atomic mass is 35.5. The third-order valence-electron chi connectivity index (χ3n) is 4.52. The van der Waals surface area contributed by atoms with Crippen LogP contribution in [0.4, 0.5) is 0 Å². The van der Waals surface area contributed by atoms with Crippen molar-refractivity contribution in [1.29, 1.82) is 0 Å². The number of hydrogen-bond donors (Lipinski definition) is 0. The monoisotopic (exact) mass is 317 g/mol. The molecule has 1 aliphatic rings. The summed E-state index contributed by atoms with van der Waals surface area (Å²) >= 11 is 6.37. The van der Waals surface area contributed by atoms with Crippen molar-refractivity contribution in [2.45, 2.75) is 44.7 Å². The zero-order valence-electron chi connectivity index (χ0n) is 13.0. The molecule has 3 nitrogen and oxygen atoms in total. The summed E-state index contributed by atoms with van der Waals surface area (Å²) in [6, 6.07) is 10.8. The molecule has 4 heteroatoms. The molecule has 0 radical (unpaired) electrons. The van der Waals surface area contributed by atoms with E-state index in [0.29, 0.717) is 6.04 Å². The molecule has 0 bridgehead atoms. The molecule has 0 amide bonds. The van der Waals surface area contributed by atoms with E-state index in [0.717, 1.165) is 11.6 Å². The first-order chi connectivity index (χ1) is 10.8. The number of unbranched alkanes of at least 4 members (excludes halogenated alkanes) is 2. The standard InChI is InChI=1S/C18H24ClN3/c19-17-9-3-2-8-16(17)18-10-6-13-21(18)12-4-1-5-14-22-15-7-11-20-22/h2-3,7-9,11,15,18H,1,4-6,10,12-14H2. The Balaban J connectivity index is 1.44. The van der Waals surface area contributed by atoms with Crippen LogP contribution in [-0.4, -0.2) is 27.8 Å². The van der Waals surface area contributed by atoms with Gasteiger partial charge in [0, 0.05) is 30.0 Å². The fourth-order valence-electron chi connectivity index (χ4n) is 3.39. The number of aromatic nitrogens is 2. The molecule has 2 aromatic rings. The Kier molecular flexibility index (Phi) is 5.52. The van der Waals surface area contributed by atoms with E-state index in [1.54, 1.807) is 0 Å². The average Bonchev–Trinajstić information content (AvgIpc) is 3.19. The van der Waals surface area contributed by atoms with Crippen molar-refractivity contribution in [2.24, 2.45) is 0 Å². The van der Waals surface area contributed by atoms with Gasteiger partial charge in [-0.2, -0.15) is 5.10 Å². The van der Waals surface area contributed by atoms with Crippen LogP contribution < -0.4 is 0 Å². The molecule has 0 spiro atoms. The van der Waals surface area contributed by atoms with Crippen molar-refractivity contribution in [3.05, 3.63) is 53.3 Å². The second-order valence-corrected chi connectivity index (χ2v) is 6.45. The van der Waals surface area contributed by atoms with Crippen LogP contribution in [0.1, 0.15) is 43.7 Å². The summed E-state index contributed by atoms with van der Waals surface area (Å²) in [5.74, 6) is 0. The van der Waals surface area contributed by atoms with Gasteiger partial charge in [-0.05, 0) is 56.5 Å². The van der Waals surface area contributed by atoms with E-state index in [1.165, 1.54) is 50.8 Å². The summed E-state index contributed by atoms with van der Waals surface area (Å²) in [6.07, 6.45) is 10.1. The molecule has 3 rings (SSSR count). The number of halogens is 1.